The number of hydrogen-bond acceptors (Lipinski definition) is 1. The van der Waals surface area contributed by atoms with Crippen LogP contribution >= 0.6 is 0 Å². The molecule has 182 valence electrons. The maximum Gasteiger partial charge on any atom is 0.145 e. The van der Waals surface area contributed by atoms with Crippen LogP contribution in [0.3, 0.4) is 0 Å². The molecule has 0 spiro atoms. The fraction of sp³-hybridized carbons (Fsp3) is 0. The molecule has 3 heteroatoms. The lowest BCUT2D eigenvalue weighted by Crippen LogP contribution is -1.95. The summed E-state index contributed by atoms with van der Waals surface area (Å²) in [6.45, 7) is 0. The average Bonchev–Trinajstić information content (AvgIpc) is 3.65. The van der Waals surface area contributed by atoms with Gasteiger partial charge in [-0.05, 0) is 60.7 Å². The fourth-order valence-corrected chi connectivity index (χ4v) is 6.47. The van der Waals surface area contributed by atoms with Crippen molar-refractivity contribution in [1.29, 1.82) is 0 Å². The number of fused-ring (bicyclic) bond motifs is 10. The molecule has 3 nitrogen and oxygen atoms in total. The Kier molecular flexibility index (Phi) is 4.05. The summed E-state index contributed by atoms with van der Waals surface area (Å²) in [6.07, 6.45) is 0. The second-order valence-electron chi connectivity index (χ2n) is 10.2. The number of rotatable bonds is 2. The number of nitrogens with zero attached hydrogens (tertiary/aromatic N) is 2. The summed E-state index contributed by atoms with van der Waals surface area (Å²) in [7, 11) is 0. The maximum atomic E-state index is 6.57. The zero-order valence-electron chi connectivity index (χ0n) is 21.0. The van der Waals surface area contributed by atoms with Gasteiger partial charge >= 0.3 is 0 Å². The van der Waals surface area contributed by atoms with Crippen LogP contribution in [0, 0.1) is 0 Å². The van der Waals surface area contributed by atoms with Crippen molar-refractivity contribution >= 4 is 65.6 Å². The van der Waals surface area contributed by atoms with Gasteiger partial charge in [-0.2, -0.15) is 0 Å². The molecule has 0 unspecified atom stereocenters. The molecule has 0 aliphatic heterocycles. The zero-order chi connectivity index (χ0) is 25.5. The molecule has 0 bridgehead atoms. The number of benzene rings is 6. The van der Waals surface area contributed by atoms with Crippen molar-refractivity contribution in [2.75, 3.05) is 0 Å². The second kappa shape index (κ2) is 7.62. The fourth-order valence-electron chi connectivity index (χ4n) is 6.47. The maximum absolute atomic E-state index is 6.57. The molecule has 3 heterocycles. The minimum atomic E-state index is 0.916. The highest BCUT2D eigenvalue weighted by Gasteiger charge is 2.20. The van der Waals surface area contributed by atoms with Crippen molar-refractivity contribution in [1.82, 2.24) is 9.13 Å². The standard InChI is InChI=1S/C36H22N2O/c1-2-10-23(11-3-1)37-32-20-18-24(38-30-15-7-4-12-25(30)26-13-5-8-16-31(26)38)22-29(32)35-33(37)21-19-28-27-14-6-9-17-34(27)39-36(28)35/h1-22H. The molecule has 0 atom stereocenters. The predicted octanol–water partition coefficient (Wildman–Crippen LogP) is 9.78. The minimum absolute atomic E-state index is 0.916. The molecule has 6 aromatic carbocycles. The number of para-hydroxylation sites is 4. The molecular formula is C36H22N2O. The van der Waals surface area contributed by atoms with Gasteiger partial charge in [0.2, 0.25) is 0 Å². The highest BCUT2D eigenvalue weighted by Crippen LogP contribution is 2.42. The minimum Gasteiger partial charge on any atom is -0.455 e. The van der Waals surface area contributed by atoms with Gasteiger partial charge < -0.3 is 13.6 Å². The molecule has 9 rings (SSSR count). The summed E-state index contributed by atoms with van der Waals surface area (Å²) in [4.78, 5) is 0. The van der Waals surface area contributed by atoms with E-state index < -0.39 is 0 Å². The van der Waals surface area contributed by atoms with Crippen molar-refractivity contribution in [3.8, 4) is 11.4 Å². The molecule has 0 aliphatic carbocycles. The molecule has 0 radical (unpaired) electrons. The highest BCUT2D eigenvalue weighted by atomic mass is 16.3. The van der Waals surface area contributed by atoms with Crippen LogP contribution in [0.25, 0.3) is 76.9 Å². The SMILES string of the molecule is c1ccc(-n2c3ccc(-n4c5ccccc5c5ccccc54)cc3c3c4oc5ccccc5c4ccc32)cc1. The molecule has 0 fully saturated rings. The number of aromatic nitrogens is 2. The average molecular weight is 499 g/mol. The van der Waals surface area contributed by atoms with Gasteiger partial charge in [0.25, 0.3) is 0 Å². The summed E-state index contributed by atoms with van der Waals surface area (Å²) in [5.41, 5.74) is 8.85. The van der Waals surface area contributed by atoms with E-state index >= 15 is 0 Å². The van der Waals surface area contributed by atoms with Crippen LogP contribution in [0.4, 0.5) is 0 Å². The van der Waals surface area contributed by atoms with Crippen LogP contribution in [-0.4, -0.2) is 9.13 Å². The van der Waals surface area contributed by atoms with Crippen molar-refractivity contribution in [3.05, 3.63) is 133 Å². The summed E-state index contributed by atoms with van der Waals surface area (Å²) >= 11 is 0. The zero-order valence-corrected chi connectivity index (χ0v) is 21.0. The smallest absolute Gasteiger partial charge is 0.145 e. The molecule has 0 amide bonds. The van der Waals surface area contributed by atoms with Crippen molar-refractivity contribution in [2.45, 2.75) is 0 Å². The van der Waals surface area contributed by atoms with Crippen LogP contribution in [0.1, 0.15) is 0 Å². The van der Waals surface area contributed by atoms with E-state index in [0.29, 0.717) is 0 Å². The molecule has 39 heavy (non-hydrogen) atoms. The Bertz CT molecular complexity index is 2330. The normalized spacial score (nSPS) is 12.1. The van der Waals surface area contributed by atoms with Gasteiger partial charge in [0, 0.05) is 38.3 Å². The van der Waals surface area contributed by atoms with E-state index in [1.54, 1.807) is 0 Å². The van der Waals surface area contributed by atoms with Gasteiger partial charge in [-0.3, -0.25) is 0 Å². The molecular weight excluding hydrogens is 476 g/mol. The van der Waals surface area contributed by atoms with Gasteiger partial charge in [0.15, 0.2) is 0 Å². The van der Waals surface area contributed by atoms with Gasteiger partial charge in [-0.15, -0.1) is 0 Å². The van der Waals surface area contributed by atoms with E-state index in [9.17, 15) is 0 Å². The first-order valence-corrected chi connectivity index (χ1v) is 13.3. The highest BCUT2D eigenvalue weighted by molar-refractivity contribution is 6.24. The Morgan fingerprint density at radius 2 is 0.974 bits per heavy atom. The molecule has 0 N–H and O–H groups in total. The van der Waals surface area contributed by atoms with Crippen molar-refractivity contribution < 1.29 is 4.42 Å². The topological polar surface area (TPSA) is 23.0 Å². The quantitative estimate of drug-likeness (QED) is 0.233. The molecule has 3 aromatic heterocycles. The molecule has 0 saturated carbocycles. The monoisotopic (exact) mass is 498 g/mol. The van der Waals surface area contributed by atoms with Gasteiger partial charge in [0.1, 0.15) is 11.2 Å². The van der Waals surface area contributed by atoms with Crippen molar-refractivity contribution in [3.63, 3.8) is 0 Å². The molecule has 9 aromatic rings. The Hall–Kier alpha value is -5.28. The van der Waals surface area contributed by atoms with Crippen LogP contribution in [0.5, 0.6) is 0 Å². The van der Waals surface area contributed by atoms with Crippen LogP contribution in [0.15, 0.2) is 138 Å². The Labute approximate surface area is 223 Å². The molecule has 0 saturated heterocycles. The third-order valence-corrected chi connectivity index (χ3v) is 8.11. The summed E-state index contributed by atoms with van der Waals surface area (Å²) in [5, 5.41) is 7.14. The lowest BCUT2D eigenvalue weighted by atomic mass is 10.1. The van der Waals surface area contributed by atoms with E-state index in [-0.39, 0.29) is 0 Å². The van der Waals surface area contributed by atoms with E-state index in [1.165, 1.54) is 27.2 Å². The van der Waals surface area contributed by atoms with Crippen LogP contribution in [0.2, 0.25) is 0 Å². The lowest BCUT2D eigenvalue weighted by molar-refractivity contribution is 0.673. The van der Waals surface area contributed by atoms with Crippen molar-refractivity contribution in [2.24, 2.45) is 0 Å². The van der Waals surface area contributed by atoms with Crippen LogP contribution < -0.4 is 0 Å². The van der Waals surface area contributed by atoms with Gasteiger partial charge in [0.05, 0.1) is 27.5 Å². The predicted molar refractivity (Wildman–Crippen MR) is 162 cm³/mol. The van der Waals surface area contributed by atoms with E-state index in [4.69, 9.17) is 4.42 Å². The Balaban J connectivity index is 1.46. The number of furan rings is 1. The van der Waals surface area contributed by atoms with E-state index in [0.717, 1.165) is 49.7 Å². The van der Waals surface area contributed by atoms with E-state index in [2.05, 4.69) is 137 Å². The second-order valence-corrected chi connectivity index (χ2v) is 10.2. The summed E-state index contributed by atoms with van der Waals surface area (Å²) in [6, 6.07) is 47.5. The third-order valence-electron chi connectivity index (χ3n) is 8.11. The first-order chi connectivity index (χ1) is 19.4. The first kappa shape index (κ1) is 20.7. The van der Waals surface area contributed by atoms with Gasteiger partial charge in [-0.25, -0.2) is 0 Å². The Morgan fingerprint density at radius 1 is 0.385 bits per heavy atom. The first-order valence-electron chi connectivity index (χ1n) is 13.3. The summed E-state index contributed by atoms with van der Waals surface area (Å²) in [5.74, 6) is 0. The summed E-state index contributed by atoms with van der Waals surface area (Å²) < 4.78 is 11.3. The van der Waals surface area contributed by atoms with Crippen LogP contribution in [-0.2, 0) is 0 Å². The Morgan fingerprint density at radius 3 is 1.74 bits per heavy atom. The largest absolute Gasteiger partial charge is 0.455 e. The van der Waals surface area contributed by atoms with E-state index in [1.807, 2.05) is 6.07 Å². The third kappa shape index (κ3) is 2.76. The lowest BCUT2D eigenvalue weighted by Gasteiger charge is -2.10. The number of hydrogen-bond donors (Lipinski definition) is 0. The molecule has 0 aliphatic rings. The van der Waals surface area contributed by atoms with Gasteiger partial charge in [-0.1, -0.05) is 72.8 Å².